The van der Waals surface area contributed by atoms with Gasteiger partial charge < -0.3 is 25.2 Å². The number of nitrogens with one attached hydrogen (secondary N) is 2. The van der Waals surface area contributed by atoms with Crippen molar-refractivity contribution in [3.63, 3.8) is 0 Å². The van der Waals surface area contributed by atoms with Gasteiger partial charge >= 0.3 is 12.0 Å². The van der Waals surface area contributed by atoms with Crippen LogP contribution in [-0.4, -0.2) is 75.6 Å². The minimum absolute atomic E-state index is 0.0605. The molecule has 2 heterocycles. The summed E-state index contributed by atoms with van der Waals surface area (Å²) in [7, 11) is 2.00. The standard InChI is InChI=1S/C13H21N5O3/c1-9-7-17(2)3-4-18(9)13(21)16-11(12(19)20)5-10-6-14-8-15-10/h6,8-9,11H,3-5,7H2,1-2H3,(H,14,15)(H,16,21)(H,19,20)/t9?,11-/m0/s1. The van der Waals surface area contributed by atoms with Crippen LogP contribution in [0.5, 0.6) is 0 Å². The first-order chi connectivity index (χ1) is 9.97. The second-order valence-corrected chi connectivity index (χ2v) is 5.43. The van der Waals surface area contributed by atoms with E-state index in [1.54, 1.807) is 11.1 Å². The predicted octanol–water partition coefficient (Wildman–Crippen LogP) is -0.249. The normalized spacial score (nSPS) is 21.0. The highest BCUT2D eigenvalue weighted by Gasteiger charge is 2.29. The number of rotatable bonds is 4. The van der Waals surface area contributed by atoms with Gasteiger partial charge in [-0.3, -0.25) is 0 Å². The molecule has 1 aliphatic rings. The van der Waals surface area contributed by atoms with Crippen molar-refractivity contribution >= 4 is 12.0 Å². The number of amides is 2. The third-order valence-corrected chi connectivity index (χ3v) is 3.67. The van der Waals surface area contributed by atoms with E-state index in [0.717, 1.165) is 13.1 Å². The number of hydrogen-bond donors (Lipinski definition) is 3. The molecule has 0 radical (unpaired) electrons. The van der Waals surface area contributed by atoms with E-state index in [1.165, 1.54) is 6.33 Å². The van der Waals surface area contributed by atoms with Crippen molar-refractivity contribution in [2.75, 3.05) is 26.7 Å². The Labute approximate surface area is 123 Å². The first kappa shape index (κ1) is 15.3. The molecular formula is C13H21N5O3. The van der Waals surface area contributed by atoms with E-state index in [0.29, 0.717) is 12.2 Å². The SMILES string of the molecule is CC1CN(C)CCN1C(=O)N[C@@H](Cc1cnc[nH]1)C(=O)O. The van der Waals surface area contributed by atoms with Crippen molar-refractivity contribution < 1.29 is 14.7 Å². The molecule has 1 saturated heterocycles. The molecule has 2 amide bonds. The number of aliphatic carboxylic acids is 1. The summed E-state index contributed by atoms with van der Waals surface area (Å²) in [5, 5.41) is 11.8. The molecule has 1 fully saturated rings. The third kappa shape index (κ3) is 3.94. The number of carbonyl (C=O) groups is 2. The number of hydrogen-bond acceptors (Lipinski definition) is 4. The Balaban J connectivity index is 1.96. The minimum Gasteiger partial charge on any atom is -0.480 e. The zero-order valence-electron chi connectivity index (χ0n) is 12.2. The Morgan fingerprint density at radius 2 is 2.33 bits per heavy atom. The summed E-state index contributed by atoms with van der Waals surface area (Å²) in [5.74, 6) is -1.06. The van der Waals surface area contributed by atoms with Gasteiger partial charge in [-0.05, 0) is 14.0 Å². The van der Waals surface area contributed by atoms with Gasteiger partial charge in [0.2, 0.25) is 0 Å². The third-order valence-electron chi connectivity index (χ3n) is 3.67. The fourth-order valence-corrected chi connectivity index (χ4v) is 2.49. The Kier molecular flexibility index (Phi) is 4.79. The van der Waals surface area contributed by atoms with Gasteiger partial charge in [0.25, 0.3) is 0 Å². The lowest BCUT2D eigenvalue weighted by Crippen LogP contribution is -2.58. The number of aromatic nitrogens is 2. The molecule has 8 nitrogen and oxygen atoms in total. The fraction of sp³-hybridized carbons (Fsp3) is 0.615. The topological polar surface area (TPSA) is 102 Å². The van der Waals surface area contributed by atoms with Gasteiger partial charge in [0.05, 0.1) is 6.33 Å². The molecule has 1 aromatic heterocycles. The predicted molar refractivity (Wildman–Crippen MR) is 75.9 cm³/mol. The second kappa shape index (κ2) is 6.57. The van der Waals surface area contributed by atoms with Gasteiger partial charge in [0.1, 0.15) is 6.04 Å². The average molecular weight is 295 g/mol. The van der Waals surface area contributed by atoms with Gasteiger partial charge in [-0.2, -0.15) is 0 Å². The van der Waals surface area contributed by atoms with Gasteiger partial charge in [-0.1, -0.05) is 0 Å². The maximum atomic E-state index is 12.3. The molecule has 1 aromatic rings. The van der Waals surface area contributed by atoms with E-state index in [4.69, 9.17) is 0 Å². The summed E-state index contributed by atoms with van der Waals surface area (Å²) in [6.07, 6.45) is 3.22. The molecule has 116 valence electrons. The van der Waals surface area contributed by atoms with Crippen LogP contribution in [0.3, 0.4) is 0 Å². The van der Waals surface area contributed by atoms with E-state index in [1.807, 2.05) is 14.0 Å². The molecule has 0 spiro atoms. The monoisotopic (exact) mass is 295 g/mol. The molecule has 0 aromatic carbocycles. The smallest absolute Gasteiger partial charge is 0.326 e. The first-order valence-corrected chi connectivity index (χ1v) is 6.93. The largest absolute Gasteiger partial charge is 0.480 e. The van der Waals surface area contributed by atoms with Gasteiger partial charge in [0.15, 0.2) is 0 Å². The van der Waals surface area contributed by atoms with Crippen LogP contribution in [0.4, 0.5) is 4.79 Å². The van der Waals surface area contributed by atoms with Crippen LogP contribution in [0, 0.1) is 0 Å². The fourth-order valence-electron chi connectivity index (χ4n) is 2.49. The van der Waals surface area contributed by atoms with Crippen LogP contribution in [0.25, 0.3) is 0 Å². The first-order valence-electron chi connectivity index (χ1n) is 6.93. The van der Waals surface area contributed by atoms with Crippen LogP contribution in [0.2, 0.25) is 0 Å². The highest BCUT2D eigenvalue weighted by Crippen LogP contribution is 2.09. The number of aromatic amines is 1. The molecule has 3 N–H and O–H groups in total. The summed E-state index contributed by atoms with van der Waals surface area (Å²) >= 11 is 0. The summed E-state index contributed by atoms with van der Waals surface area (Å²) in [4.78, 5) is 34.1. The number of carboxylic acids is 1. The Morgan fingerprint density at radius 1 is 1.57 bits per heavy atom. The molecule has 1 aliphatic heterocycles. The number of piperazine rings is 1. The Hall–Kier alpha value is -2.09. The van der Waals surface area contributed by atoms with Crippen molar-refractivity contribution in [2.45, 2.75) is 25.4 Å². The minimum atomic E-state index is -1.06. The average Bonchev–Trinajstić information content (AvgIpc) is 2.90. The molecule has 1 unspecified atom stereocenters. The van der Waals surface area contributed by atoms with E-state index >= 15 is 0 Å². The number of imidazole rings is 1. The highest BCUT2D eigenvalue weighted by molar-refractivity contribution is 5.83. The lowest BCUT2D eigenvalue weighted by atomic mass is 10.1. The van der Waals surface area contributed by atoms with Gasteiger partial charge in [-0.15, -0.1) is 0 Å². The maximum absolute atomic E-state index is 12.3. The highest BCUT2D eigenvalue weighted by atomic mass is 16.4. The van der Waals surface area contributed by atoms with E-state index in [2.05, 4.69) is 20.2 Å². The summed E-state index contributed by atoms with van der Waals surface area (Å²) < 4.78 is 0. The van der Waals surface area contributed by atoms with Crippen LogP contribution in [-0.2, 0) is 11.2 Å². The van der Waals surface area contributed by atoms with E-state index in [9.17, 15) is 14.7 Å². The van der Waals surface area contributed by atoms with Gasteiger partial charge in [0, 0.05) is 44.0 Å². The number of H-pyrrole nitrogens is 1. The molecule has 0 saturated carbocycles. The molecule has 21 heavy (non-hydrogen) atoms. The molecule has 2 rings (SSSR count). The molecule has 2 atom stereocenters. The molecular weight excluding hydrogens is 274 g/mol. The summed E-state index contributed by atoms with van der Waals surface area (Å²) in [5.41, 5.74) is 0.675. The van der Waals surface area contributed by atoms with Crippen molar-refractivity contribution in [3.05, 3.63) is 18.2 Å². The summed E-state index contributed by atoms with van der Waals surface area (Å²) in [6.45, 7) is 4.13. The zero-order chi connectivity index (χ0) is 15.4. The lowest BCUT2D eigenvalue weighted by molar-refractivity contribution is -0.139. The Morgan fingerprint density at radius 3 is 2.90 bits per heavy atom. The van der Waals surface area contributed by atoms with E-state index in [-0.39, 0.29) is 18.5 Å². The van der Waals surface area contributed by atoms with Crippen molar-refractivity contribution in [1.29, 1.82) is 0 Å². The van der Waals surface area contributed by atoms with Crippen LogP contribution in [0.15, 0.2) is 12.5 Å². The lowest BCUT2D eigenvalue weighted by Gasteiger charge is -2.38. The van der Waals surface area contributed by atoms with Gasteiger partial charge in [-0.25, -0.2) is 14.6 Å². The van der Waals surface area contributed by atoms with Crippen LogP contribution in [0.1, 0.15) is 12.6 Å². The maximum Gasteiger partial charge on any atom is 0.326 e. The number of nitrogens with zero attached hydrogens (tertiary/aromatic N) is 3. The number of likely N-dealkylation sites (N-methyl/N-ethyl adjacent to an activating group) is 1. The molecule has 0 aliphatic carbocycles. The quantitative estimate of drug-likeness (QED) is 0.711. The van der Waals surface area contributed by atoms with Crippen molar-refractivity contribution in [1.82, 2.24) is 25.1 Å². The zero-order valence-corrected chi connectivity index (χ0v) is 12.2. The van der Waals surface area contributed by atoms with Crippen LogP contribution >= 0.6 is 0 Å². The Bertz CT molecular complexity index is 490. The summed E-state index contributed by atoms with van der Waals surface area (Å²) in [6, 6.07) is -1.24. The van der Waals surface area contributed by atoms with E-state index < -0.39 is 12.0 Å². The number of carboxylic acid groups (broad SMARTS) is 1. The number of urea groups is 1. The van der Waals surface area contributed by atoms with Crippen molar-refractivity contribution in [2.24, 2.45) is 0 Å². The van der Waals surface area contributed by atoms with Crippen molar-refractivity contribution in [3.8, 4) is 0 Å². The molecule has 8 heteroatoms. The molecule has 0 bridgehead atoms. The second-order valence-electron chi connectivity index (χ2n) is 5.43. The van der Waals surface area contributed by atoms with Crippen LogP contribution < -0.4 is 5.32 Å². The number of carbonyl (C=O) groups excluding carboxylic acids is 1.